The van der Waals surface area contributed by atoms with Gasteiger partial charge in [0.25, 0.3) is 5.91 Å². The maximum Gasteiger partial charge on any atom is 0.260 e. The first kappa shape index (κ1) is 12.4. The predicted molar refractivity (Wildman–Crippen MR) is 71.6 cm³/mol. The SMILES string of the molecule is COc1cc(Br)ccc1C(=O)Nc1[nH]ncc1N. The number of H-pyrrole nitrogens is 1. The summed E-state index contributed by atoms with van der Waals surface area (Å²) >= 11 is 3.31. The second kappa shape index (κ2) is 5.09. The van der Waals surface area contributed by atoms with Crippen LogP contribution in [0.1, 0.15) is 10.4 Å². The van der Waals surface area contributed by atoms with Gasteiger partial charge in [-0.3, -0.25) is 9.89 Å². The van der Waals surface area contributed by atoms with Crippen molar-refractivity contribution in [1.29, 1.82) is 0 Å². The molecule has 1 heterocycles. The van der Waals surface area contributed by atoms with Crippen LogP contribution in [0.25, 0.3) is 0 Å². The molecule has 94 valence electrons. The number of carbonyl (C=O) groups excluding carboxylic acids is 1. The van der Waals surface area contributed by atoms with E-state index in [1.807, 2.05) is 0 Å². The molecule has 0 fully saturated rings. The summed E-state index contributed by atoms with van der Waals surface area (Å²) in [6, 6.07) is 5.13. The highest BCUT2D eigenvalue weighted by atomic mass is 79.9. The van der Waals surface area contributed by atoms with Crippen LogP contribution in [-0.4, -0.2) is 23.2 Å². The lowest BCUT2D eigenvalue weighted by molar-refractivity contribution is 0.102. The number of benzene rings is 1. The molecule has 18 heavy (non-hydrogen) atoms. The molecule has 0 radical (unpaired) electrons. The largest absolute Gasteiger partial charge is 0.496 e. The highest BCUT2D eigenvalue weighted by Crippen LogP contribution is 2.24. The molecular weight excluding hydrogens is 300 g/mol. The third kappa shape index (κ3) is 2.45. The smallest absolute Gasteiger partial charge is 0.260 e. The highest BCUT2D eigenvalue weighted by Gasteiger charge is 2.14. The number of nitrogens with one attached hydrogen (secondary N) is 2. The van der Waals surface area contributed by atoms with E-state index in [0.717, 1.165) is 4.47 Å². The fourth-order valence-corrected chi connectivity index (χ4v) is 1.77. The summed E-state index contributed by atoms with van der Waals surface area (Å²) in [5.74, 6) is 0.514. The van der Waals surface area contributed by atoms with Crippen molar-refractivity contribution >= 4 is 33.3 Å². The molecule has 0 bridgehead atoms. The molecule has 2 rings (SSSR count). The van der Waals surface area contributed by atoms with Gasteiger partial charge < -0.3 is 15.8 Å². The van der Waals surface area contributed by atoms with E-state index in [9.17, 15) is 4.79 Å². The molecule has 4 N–H and O–H groups in total. The van der Waals surface area contributed by atoms with E-state index in [1.54, 1.807) is 18.2 Å². The fraction of sp³-hybridized carbons (Fsp3) is 0.0909. The van der Waals surface area contributed by atoms with Crippen LogP contribution >= 0.6 is 15.9 Å². The average molecular weight is 311 g/mol. The molecule has 1 aromatic heterocycles. The number of amides is 1. The monoisotopic (exact) mass is 310 g/mol. The molecule has 0 spiro atoms. The number of aromatic nitrogens is 2. The number of halogens is 1. The molecular formula is C11H11BrN4O2. The Bertz CT molecular complexity index is 582. The van der Waals surface area contributed by atoms with Crippen molar-refractivity contribution < 1.29 is 9.53 Å². The van der Waals surface area contributed by atoms with Gasteiger partial charge in [0.15, 0.2) is 5.82 Å². The first-order valence-electron chi connectivity index (χ1n) is 5.05. The number of hydrogen-bond acceptors (Lipinski definition) is 4. The molecule has 0 unspecified atom stereocenters. The zero-order chi connectivity index (χ0) is 13.1. The summed E-state index contributed by atoms with van der Waals surface area (Å²) in [4.78, 5) is 12.0. The number of nitrogens with zero attached hydrogens (tertiary/aromatic N) is 1. The summed E-state index contributed by atoms with van der Waals surface area (Å²) in [7, 11) is 1.50. The Balaban J connectivity index is 2.26. The summed E-state index contributed by atoms with van der Waals surface area (Å²) < 4.78 is 5.98. The van der Waals surface area contributed by atoms with Crippen LogP contribution in [0.4, 0.5) is 11.5 Å². The van der Waals surface area contributed by atoms with Gasteiger partial charge in [-0.05, 0) is 18.2 Å². The van der Waals surface area contributed by atoms with Gasteiger partial charge in [0.05, 0.1) is 24.6 Å². The first-order chi connectivity index (χ1) is 8.61. The van der Waals surface area contributed by atoms with Crippen molar-refractivity contribution in [3.63, 3.8) is 0 Å². The Hall–Kier alpha value is -2.02. The van der Waals surface area contributed by atoms with E-state index in [4.69, 9.17) is 10.5 Å². The molecule has 1 amide bonds. The lowest BCUT2D eigenvalue weighted by atomic mass is 10.2. The quantitative estimate of drug-likeness (QED) is 0.808. The van der Waals surface area contributed by atoms with Gasteiger partial charge in [-0.15, -0.1) is 0 Å². The van der Waals surface area contributed by atoms with Crippen LogP contribution in [0.5, 0.6) is 5.75 Å². The molecule has 0 saturated carbocycles. The van der Waals surface area contributed by atoms with Gasteiger partial charge in [0, 0.05) is 4.47 Å². The number of ether oxygens (including phenoxy) is 1. The van der Waals surface area contributed by atoms with Gasteiger partial charge in [0.2, 0.25) is 0 Å². The van der Waals surface area contributed by atoms with Crippen molar-refractivity contribution in [3.05, 3.63) is 34.4 Å². The van der Waals surface area contributed by atoms with E-state index < -0.39 is 0 Å². The number of anilines is 2. The Morgan fingerprint density at radius 1 is 1.56 bits per heavy atom. The minimum absolute atomic E-state index is 0.324. The van der Waals surface area contributed by atoms with Crippen molar-refractivity contribution in [3.8, 4) is 5.75 Å². The molecule has 0 atom stereocenters. The van der Waals surface area contributed by atoms with Crippen LogP contribution in [0, 0.1) is 0 Å². The van der Waals surface area contributed by atoms with E-state index in [0.29, 0.717) is 22.8 Å². The fourth-order valence-electron chi connectivity index (χ4n) is 1.43. The molecule has 6 nitrogen and oxygen atoms in total. The molecule has 7 heteroatoms. The second-order valence-electron chi connectivity index (χ2n) is 3.50. The van der Waals surface area contributed by atoms with Crippen molar-refractivity contribution in [2.75, 3.05) is 18.2 Å². The van der Waals surface area contributed by atoms with E-state index >= 15 is 0 Å². The maximum absolute atomic E-state index is 12.0. The van der Waals surface area contributed by atoms with Crippen molar-refractivity contribution in [2.45, 2.75) is 0 Å². The van der Waals surface area contributed by atoms with Crippen LogP contribution < -0.4 is 15.8 Å². The van der Waals surface area contributed by atoms with Gasteiger partial charge in [0.1, 0.15) is 5.75 Å². The summed E-state index contributed by atoms with van der Waals surface area (Å²) in [6.07, 6.45) is 1.43. The molecule has 1 aromatic carbocycles. The van der Waals surface area contributed by atoms with Crippen molar-refractivity contribution in [1.82, 2.24) is 10.2 Å². The Labute approximate surface area is 112 Å². The average Bonchev–Trinajstić information content (AvgIpc) is 2.74. The Morgan fingerprint density at radius 3 is 2.94 bits per heavy atom. The summed E-state index contributed by atoms with van der Waals surface area (Å²) in [5.41, 5.74) is 6.40. The molecule has 0 aliphatic rings. The van der Waals surface area contributed by atoms with Gasteiger partial charge in [-0.25, -0.2) is 0 Å². The van der Waals surface area contributed by atoms with Crippen LogP contribution in [0.15, 0.2) is 28.9 Å². The lowest BCUT2D eigenvalue weighted by Gasteiger charge is -2.09. The van der Waals surface area contributed by atoms with Crippen molar-refractivity contribution in [2.24, 2.45) is 0 Å². The van der Waals surface area contributed by atoms with Gasteiger partial charge in [-0.2, -0.15) is 5.10 Å². The Kier molecular flexibility index (Phi) is 3.52. The number of nitrogen functional groups attached to an aromatic ring is 1. The van der Waals surface area contributed by atoms with E-state index in [1.165, 1.54) is 13.3 Å². The normalized spacial score (nSPS) is 10.1. The number of hydrogen-bond donors (Lipinski definition) is 3. The first-order valence-corrected chi connectivity index (χ1v) is 5.85. The number of carbonyl (C=O) groups is 1. The zero-order valence-corrected chi connectivity index (χ0v) is 11.1. The summed E-state index contributed by atoms with van der Waals surface area (Å²) in [5, 5.41) is 8.94. The number of rotatable bonds is 3. The van der Waals surface area contributed by atoms with Crippen LogP contribution in [-0.2, 0) is 0 Å². The Morgan fingerprint density at radius 2 is 2.33 bits per heavy atom. The molecule has 0 saturated heterocycles. The summed E-state index contributed by atoms with van der Waals surface area (Å²) in [6.45, 7) is 0. The molecule has 0 aliphatic carbocycles. The highest BCUT2D eigenvalue weighted by molar-refractivity contribution is 9.10. The second-order valence-corrected chi connectivity index (χ2v) is 4.41. The molecule has 2 aromatic rings. The zero-order valence-electron chi connectivity index (χ0n) is 9.53. The van der Waals surface area contributed by atoms with E-state index in [-0.39, 0.29) is 5.91 Å². The minimum Gasteiger partial charge on any atom is -0.496 e. The standard InChI is InChI=1S/C11H11BrN4O2/c1-18-9-4-6(12)2-3-7(9)11(17)15-10-8(13)5-14-16-10/h2-5H,13H2,1H3,(H2,14,15,16,17). The minimum atomic E-state index is -0.324. The van der Waals surface area contributed by atoms with Crippen LogP contribution in [0.3, 0.4) is 0 Å². The van der Waals surface area contributed by atoms with Crippen LogP contribution in [0.2, 0.25) is 0 Å². The number of aromatic amines is 1. The van der Waals surface area contributed by atoms with E-state index in [2.05, 4.69) is 31.4 Å². The number of nitrogens with two attached hydrogens (primary N) is 1. The number of methoxy groups -OCH3 is 1. The predicted octanol–water partition coefficient (Wildman–Crippen LogP) is 2.02. The maximum atomic E-state index is 12.0. The molecule has 0 aliphatic heterocycles. The van der Waals surface area contributed by atoms with Gasteiger partial charge >= 0.3 is 0 Å². The topological polar surface area (TPSA) is 93.0 Å². The van der Waals surface area contributed by atoms with Gasteiger partial charge in [-0.1, -0.05) is 15.9 Å². The third-order valence-corrected chi connectivity index (χ3v) is 2.81. The lowest BCUT2D eigenvalue weighted by Crippen LogP contribution is -2.14. The third-order valence-electron chi connectivity index (χ3n) is 2.32.